The molecule has 0 spiro atoms. The van der Waals surface area contributed by atoms with Gasteiger partial charge in [0.1, 0.15) is 42.3 Å². The first-order valence-electron chi connectivity index (χ1n) is 20.7. The molecule has 4 aromatic carbocycles. The van der Waals surface area contributed by atoms with Crippen molar-refractivity contribution in [3.05, 3.63) is 170 Å². The van der Waals surface area contributed by atoms with Gasteiger partial charge in [0.25, 0.3) is 11.8 Å². The van der Waals surface area contributed by atoms with Gasteiger partial charge in [-0.3, -0.25) is 19.0 Å². The number of fused-ring (bicyclic) bond motifs is 2. The summed E-state index contributed by atoms with van der Waals surface area (Å²) >= 11 is 11.4. The third kappa shape index (κ3) is 12.8. The van der Waals surface area contributed by atoms with E-state index in [0.717, 1.165) is 6.07 Å². The molecule has 0 saturated heterocycles. The Kier molecular flexibility index (Phi) is 17.3. The zero-order chi connectivity index (χ0) is 49.4. The maximum atomic E-state index is 14.6. The van der Waals surface area contributed by atoms with Crippen LogP contribution in [0.4, 0.5) is 38.5 Å². The second-order valence-electron chi connectivity index (χ2n) is 15.3. The fourth-order valence-corrected chi connectivity index (χ4v) is 7.72. The molecule has 0 aliphatic heterocycles. The number of carbonyl (C=O) groups excluding carboxylic acids is 4. The zero-order valence-corrected chi connectivity index (χ0v) is 39.2. The Labute approximate surface area is 411 Å². The number of nitrogens with two attached hydrogens (primary N) is 1. The predicted molar refractivity (Wildman–Crippen MR) is 248 cm³/mol. The van der Waals surface area contributed by atoms with Crippen LogP contribution in [0.25, 0.3) is 0 Å². The quantitative estimate of drug-likeness (QED) is 0.100. The van der Waals surface area contributed by atoms with Crippen LogP contribution < -0.4 is 21.7 Å². The minimum Gasteiger partial charge on any atom is -0.441 e. The van der Waals surface area contributed by atoms with E-state index >= 15 is 0 Å². The summed E-state index contributed by atoms with van der Waals surface area (Å²) in [5, 5.41) is 15.7. The summed E-state index contributed by atoms with van der Waals surface area (Å²) < 4.78 is 69.2. The molecule has 366 valence electrons. The highest BCUT2D eigenvalue weighted by molar-refractivity contribution is 6.31. The van der Waals surface area contributed by atoms with Crippen LogP contribution in [0.2, 0.25) is 10.0 Å². The van der Waals surface area contributed by atoms with Crippen molar-refractivity contribution in [3.8, 4) is 0 Å². The molecule has 5 N–H and O–H groups in total. The number of carbonyl (C=O) groups is 4. The average Bonchev–Trinajstić information content (AvgIpc) is 4.19. The van der Waals surface area contributed by atoms with Crippen molar-refractivity contribution in [3.63, 3.8) is 0 Å². The summed E-state index contributed by atoms with van der Waals surface area (Å²) in [7, 11) is 3.43. The fraction of sp³-hybridized carbons (Fsp3) is 0.222. The number of hydrogen-bond acceptors (Lipinski definition) is 12. The fourth-order valence-electron chi connectivity index (χ4n) is 7.36. The Hall–Kier alpha value is -7.40. The van der Waals surface area contributed by atoms with E-state index < -0.39 is 47.5 Å². The number of amides is 3. The first-order valence-corrected chi connectivity index (χ1v) is 21.5. The molecular formula is C45H41Cl3F4N12O6. The van der Waals surface area contributed by atoms with Gasteiger partial charge in [-0.2, -0.15) is 10.2 Å². The van der Waals surface area contributed by atoms with E-state index in [0.29, 0.717) is 71.0 Å². The molecule has 18 nitrogen and oxygen atoms in total. The van der Waals surface area contributed by atoms with Crippen molar-refractivity contribution < 1.29 is 46.2 Å². The molecule has 0 unspecified atom stereocenters. The monoisotopic (exact) mass is 1030 g/mol. The predicted octanol–water partition coefficient (Wildman–Crippen LogP) is 8.35. The molecule has 9 rings (SSSR count). The standard InChI is InChI=1S/C21H18ClF2N5O3.C16H13ClF2N2O.C8H9N5O2.ClH/c1-29-10-25-18(28-29)9-32-21(31)27-17-7-4-12-13(3-6-16(24)19(12)17)20(30)26-11-2-5-15(23)14(22)8-11;17-11-7-8(1-4-12(11)18)21-16(22)10-2-5-13(19)15-9(10)3-6-14(15)20;1-12-6-10-7(11-12)4-15-8(14)13-3-2-9-5-13;/h2-3,5-6,8,10,17H,4,7,9H2,1H3,(H,26,30)(H,27,31);1-2,4-5,7,14H,3,6,20H2,(H,21,22);2-3,5-6H,4H2,1H3;1H/t17-;14-;;/m00../s1. The molecule has 0 saturated carbocycles. The zero-order valence-electron chi connectivity index (χ0n) is 36.8. The van der Waals surface area contributed by atoms with Gasteiger partial charge in [0, 0.05) is 66.2 Å². The number of alkyl carbamates (subject to hydrolysis) is 1. The molecule has 0 fully saturated rings. The molecule has 70 heavy (non-hydrogen) atoms. The second kappa shape index (κ2) is 23.3. The van der Waals surface area contributed by atoms with Gasteiger partial charge in [0.2, 0.25) is 0 Å². The molecule has 2 aliphatic carbocycles. The molecule has 3 amide bonds. The van der Waals surface area contributed by atoms with E-state index in [9.17, 15) is 36.7 Å². The molecular weight excluding hydrogens is 987 g/mol. The van der Waals surface area contributed by atoms with E-state index in [-0.39, 0.29) is 58.7 Å². The lowest BCUT2D eigenvalue weighted by Gasteiger charge is -2.16. The van der Waals surface area contributed by atoms with Crippen molar-refractivity contribution in [2.24, 2.45) is 19.8 Å². The van der Waals surface area contributed by atoms with Gasteiger partial charge in [-0.25, -0.2) is 46.7 Å². The topological polar surface area (TPSA) is 228 Å². The highest BCUT2D eigenvalue weighted by Crippen LogP contribution is 2.37. The van der Waals surface area contributed by atoms with Gasteiger partial charge < -0.3 is 31.2 Å². The molecule has 3 aromatic heterocycles. The Balaban J connectivity index is 0.000000183. The summed E-state index contributed by atoms with van der Waals surface area (Å²) in [5.41, 5.74) is 8.97. The van der Waals surface area contributed by atoms with Gasteiger partial charge in [0.05, 0.1) is 16.1 Å². The lowest BCUT2D eigenvalue weighted by molar-refractivity contribution is 0.101. The van der Waals surface area contributed by atoms with E-state index in [4.69, 9.17) is 38.4 Å². The first-order chi connectivity index (χ1) is 33.0. The number of benzene rings is 4. The highest BCUT2D eigenvalue weighted by atomic mass is 35.5. The number of halogens is 7. The summed E-state index contributed by atoms with van der Waals surface area (Å²) in [5.74, 6) is -2.18. The molecule has 0 radical (unpaired) electrons. The minimum atomic E-state index is -0.745. The lowest BCUT2D eigenvalue weighted by Crippen LogP contribution is -2.28. The van der Waals surface area contributed by atoms with Crippen LogP contribution in [0, 0.1) is 23.3 Å². The van der Waals surface area contributed by atoms with E-state index in [2.05, 4.69) is 41.1 Å². The van der Waals surface area contributed by atoms with Crippen molar-refractivity contribution in [1.82, 2.24) is 44.4 Å². The Morgan fingerprint density at radius 2 is 1.20 bits per heavy atom. The molecule has 25 heteroatoms. The molecule has 7 aromatic rings. The van der Waals surface area contributed by atoms with E-state index in [1.807, 2.05) is 0 Å². The van der Waals surface area contributed by atoms with Crippen LogP contribution >= 0.6 is 35.6 Å². The summed E-state index contributed by atoms with van der Waals surface area (Å²) in [6.07, 6.45) is 8.10. The summed E-state index contributed by atoms with van der Waals surface area (Å²) in [6, 6.07) is 11.9. The van der Waals surface area contributed by atoms with Crippen molar-refractivity contribution in [1.29, 1.82) is 0 Å². The number of ether oxygens (including phenoxy) is 2. The molecule has 2 aliphatic rings. The Morgan fingerprint density at radius 1 is 0.700 bits per heavy atom. The summed E-state index contributed by atoms with van der Waals surface area (Å²) in [6.45, 7) is -0.0741. The summed E-state index contributed by atoms with van der Waals surface area (Å²) in [4.78, 5) is 60.3. The Morgan fingerprint density at radius 3 is 1.70 bits per heavy atom. The smallest absolute Gasteiger partial charge is 0.419 e. The maximum Gasteiger partial charge on any atom is 0.419 e. The lowest BCUT2D eigenvalue weighted by atomic mass is 10.0. The van der Waals surface area contributed by atoms with Crippen LogP contribution in [-0.2, 0) is 49.6 Å². The van der Waals surface area contributed by atoms with Crippen LogP contribution in [0.15, 0.2) is 92.0 Å². The number of rotatable bonds is 9. The van der Waals surface area contributed by atoms with Crippen molar-refractivity contribution in [2.75, 3.05) is 10.6 Å². The minimum absolute atomic E-state index is 0. The number of aryl methyl sites for hydroxylation is 2. The van der Waals surface area contributed by atoms with Crippen LogP contribution in [0.3, 0.4) is 0 Å². The first kappa shape index (κ1) is 52.0. The van der Waals surface area contributed by atoms with Gasteiger partial charge in [-0.1, -0.05) is 23.2 Å². The van der Waals surface area contributed by atoms with Crippen LogP contribution in [0.1, 0.15) is 79.5 Å². The maximum absolute atomic E-state index is 14.6. The van der Waals surface area contributed by atoms with Crippen LogP contribution in [0.5, 0.6) is 0 Å². The van der Waals surface area contributed by atoms with Gasteiger partial charge >= 0.3 is 12.2 Å². The van der Waals surface area contributed by atoms with Crippen LogP contribution in [-0.4, -0.2) is 63.1 Å². The van der Waals surface area contributed by atoms with E-state index in [1.165, 1.54) is 88.9 Å². The van der Waals surface area contributed by atoms with Crippen molar-refractivity contribution in [2.45, 2.75) is 51.0 Å². The molecule has 2 atom stereocenters. The highest BCUT2D eigenvalue weighted by Gasteiger charge is 2.32. The second-order valence-corrected chi connectivity index (χ2v) is 16.1. The van der Waals surface area contributed by atoms with Gasteiger partial charge in [-0.15, -0.1) is 12.4 Å². The van der Waals surface area contributed by atoms with E-state index in [1.54, 1.807) is 25.1 Å². The number of aromatic nitrogens is 8. The number of anilines is 2. The molecule has 0 bridgehead atoms. The third-order valence-electron chi connectivity index (χ3n) is 10.5. The molecule has 3 heterocycles. The van der Waals surface area contributed by atoms with Crippen molar-refractivity contribution >= 4 is 71.0 Å². The third-order valence-corrected chi connectivity index (χ3v) is 11.1. The SMILES string of the molecule is Cl.Cn1cnc(COC(=O)N[C@H]2CCc3c(C(=O)Nc4ccc(F)c(Cl)c4)ccc(F)c32)n1.Cn1cnc(COC(=O)n2ccnc2)n1.N[C@H]1CCc2c(C(=O)Nc3ccc(F)c(Cl)c3)ccc(F)c21. The van der Waals surface area contributed by atoms with Gasteiger partial charge in [0.15, 0.2) is 24.9 Å². The largest absolute Gasteiger partial charge is 0.441 e. The number of nitrogens with zero attached hydrogens (tertiary/aromatic N) is 8. The number of hydrogen-bond donors (Lipinski definition) is 4. The van der Waals surface area contributed by atoms with Gasteiger partial charge in [-0.05, 0) is 97.5 Å². The Bertz CT molecular complexity index is 3030. The normalized spacial score (nSPS) is 14.1. The number of imidazole rings is 1. The number of nitrogens with one attached hydrogen (secondary N) is 3. The average molecular weight is 1030 g/mol.